The van der Waals surface area contributed by atoms with Gasteiger partial charge in [-0.1, -0.05) is 29.8 Å². The zero-order chi connectivity index (χ0) is 22.2. The lowest BCUT2D eigenvalue weighted by Gasteiger charge is -2.10. The molecule has 2 heterocycles. The van der Waals surface area contributed by atoms with E-state index in [4.69, 9.17) is 25.0 Å². The van der Waals surface area contributed by atoms with E-state index >= 15 is 0 Å². The smallest absolute Gasteiger partial charge is 0.309 e. The molecule has 160 valence electrons. The number of carbonyl (C=O) groups is 1. The summed E-state index contributed by atoms with van der Waals surface area (Å²) in [5.41, 5.74) is 11.4. The minimum Gasteiger partial charge on any atom is -0.454 e. The molecule has 0 saturated heterocycles. The van der Waals surface area contributed by atoms with Crippen molar-refractivity contribution in [3.63, 3.8) is 0 Å². The lowest BCUT2D eigenvalue weighted by atomic mass is 10.0. The fourth-order valence-corrected chi connectivity index (χ4v) is 3.65. The van der Waals surface area contributed by atoms with Crippen LogP contribution >= 0.6 is 0 Å². The molecule has 32 heavy (non-hydrogen) atoms. The van der Waals surface area contributed by atoms with Crippen LogP contribution in [0.4, 0.5) is 5.69 Å². The van der Waals surface area contributed by atoms with Crippen LogP contribution in [0.3, 0.4) is 0 Å². The Labute approximate surface area is 185 Å². The van der Waals surface area contributed by atoms with Crippen LogP contribution in [0.1, 0.15) is 12.5 Å². The van der Waals surface area contributed by atoms with Crippen molar-refractivity contribution in [1.29, 1.82) is 0 Å². The van der Waals surface area contributed by atoms with Crippen LogP contribution < -0.4 is 19.9 Å². The van der Waals surface area contributed by atoms with Gasteiger partial charge in [-0.15, -0.1) is 0 Å². The molecule has 0 radical (unpaired) electrons. The zero-order valence-corrected chi connectivity index (χ0v) is 17.7. The van der Waals surface area contributed by atoms with Gasteiger partial charge in [-0.05, 0) is 55.0 Å². The molecule has 0 aliphatic carbocycles. The van der Waals surface area contributed by atoms with Gasteiger partial charge in [0, 0.05) is 18.2 Å². The number of hydrogen-bond acceptors (Lipinski definition) is 6. The van der Waals surface area contributed by atoms with Crippen molar-refractivity contribution in [1.82, 2.24) is 9.78 Å². The Bertz CT molecular complexity index is 1310. The molecule has 4 aromatic rings. The fraction of sp³-hybridized carbons (Fsp3) is 0.120. The molecular weight excluding hydrogens is 406 g/mol. The maximum absolute atomic E-state index is 12.1. The number of carbonyl (C=O) groups excluding carboxylic acids is 1. The van der Waals surface area contributed by atoms with Crippen molar-refractivity contribution in [3.05, 3.63) is 72.3 Å². The lowest BCUT2D eigenvalue weighted by Crippen LogP contribution is -2.08. The van der Waals surface area contributed by atoms with Crippen LogP contribution in [0.25, 0.3) is 28.1 Å². The molecule has 7 nitrogen and oxygen atoms in total. The fourth-order valence-electron chi connectivity index (χ4n) is 3.65. The molecule has 1 aromatic heterocycles. The Hall–Kier alpha value is -4.26. The molecule has 0 bridgehead atoms. The number of hydrogen-bond donors (Lipinski definition) is 1. The van der Waals surface area contributed by atoms with Gasteiger partial charge in [0.15, 0.2) is 11.5 Å². The van der Waals surface area contributed by atoms with Gasteiger partial charge in [-0.2, -0.15) is 9.78 Å². The number of aromatic nitrogens is 2. The molecule has 5 rings (SSSR count). The van der Waals surface area contributed by atoms with Crippen LogP contribution in [-0.4, -0.2) is 22.5 Å². The number of aryl methyl sites for hydroxylation is 1. The number of anilines is 1. The van der Waals surface area contributed by atoms with Gasteiger partial charge in [-0.3, -0.25) is 4.79 Å². The van der Waals surface area contributed by atoms with E-state index < -0.39 is 5.97 Å². The van der Waals surface area contributed by atoms with Gasteiger partial charge in [0.25, 0.3) is 0 Å². The van der Waals surface area contributed by atoms with Crippen LogP contribution in [0, 0.1) is 6.92 Å². The first-order chi connectivity index (χ1) is 15.5. The summed E-state index contributed by atoms with van der Waals surface area (Å²) in [5, 5.41) is 4.87. The highest BCUT2D eigenvalue weighted by Gasteiger charge is 2.26. The van der Waals surface area contributed by atoms with Crippen molar-refractivity contribution < 1.29 is 19.0 Å². The van der Waals surface area contributed by atoms with Gasteiger partial charge in [-0.25, -0.2) is 0 Å². The molecule has 0 atom stereocenters. The van der Waals surface area contributed by atoms with E-state index in [1.807, 2.05) is 61.5 Å². The highest BCUT2D eigenvalue weighted by Crippen LogP contribution is 2.43. The first-order valence-corrected chi connectivity index (χ1v) is 10.1. The summed E-state index contributed by atoms with van der Waals surface area (Å²) in [6.45, 7) is 3.57. The van der Waals surface area contributed by atoms with Crippen molar-refractivity contribution in [2.75, 3.05) is 12.5 Å². The minimum atomic E-state index is -0.438. The number of rotatable bonds is 4. The first-order valence-electron chi connectivity index (χ1n) is 10.1. The monoisotopic (exact) mass is 427 g/mol. The van der Waals surface area contributed by atoms with Crippen LogP contribution in [-0.2, 0) is 4.79 Å². The Morgan fingerprint density at radius 3 is 2.38 bits per heavy atom. The molecule has 1 aliphatic rings. The van der Waals surface area contributed by atoms with Gasteiger partial charge in [0.2, 0.25) is 12.7 Å². The summed E-state index contributed by atoms with van der Waals surface area (Å²) in [5.74, 6) is 1.22. The van der Waals surface area contributed by atoms with Crippen molar-refractivity contribution >= 4 is 11.7 Å². The normalized spacial score (nSPS) is 12.1. The molecule has 0 fully saturated rings. The van der Waals surface area contributed by atoms with Crippen LogP contribution in [0.2, 0.25) is 0 Å². The van der Waals surface area contributed by atoms with E-state index in [2.05, 4.69) is 0 Å². The SMILES string of the molecule is CC(=O)Oc1c(-c2ccc(N)cc2)c(-c2ccc3c(c2)OCO3)nn1-c1ccc(C)cc1. The number of nitrogens with two attached hydrogens (primary N) is 1. The van der Waals surface area contributed by atoms with Gasteiger partial charge >= 0.3 is 5.97 Å². The van der Waals surface area contributed by atoms with Gasteiger partial charge in [0.1, 0.15) is 5.69 Å². The quantitative estimate of drug-likeness (QED) is 0.373. The molecule has 0 unspecified atom stereocenters. The molecule has 0 saturated carbocycles. The largest absolute Gasteiger partial charge is 0.454 e. The van der Waals surface area contributed by atoms with Gasteiger partial charge in [0.05, 0.1) is 11.3 Å². The van der Waals surface area contributed by atoms with E-state index in [1.165, 1.54) is 6.92 Å². The van der Waals surface area contributed by atoms with E-state index in [9.17, 15) is 4.79 Å². The highest BCUT2D eigenvalue weighted by atomic mass is 16.7. The molecule has 0 amide bonds. The third-order valence-corrected chi connectivity index (χ3v) is 5.21. The van der Waals surface area contributed by atoms with Crippen molar-refractivity contribution in [2.45, 2.75) is 13.8 Å². The summed E-state index contributed by atoms with van der Waals surface area (Å²) < 4.78 is 18.4. The maximum atomic E-state index is 12.1. The Kier molecular flexibility index (Phi) is 4.78. The second-order valence-corrected chi connectivity index (χ2v) is 7.56. The van der Waals surface area contributed by atoms with Crippen molar-refractivity contribution in [3.8, 4) is 45.5 Å². The minimum absolute atomic E-state index is 0.181. The molecule has 1 aliphatic heterocycles. The Balaban J connectivity index is 1.78. The van der Waals surface area contributed by atoms with E-state index in [0.29, 0.717) is 34.3 Å². The summed E-state index contributed by atoms with van der Waals surface area (Å²) in [6.07, 6.45) is 0. The van der Waals surface area contributed by atoms with E-state index in [0.717, 1.165) is 22.4 Å². The Morgan fingerprint density at radius 2 is 1.66 bits per heavy atom. The third kappa shape index (κ3) is 3.54. The number of esters is 1. The number of nitrogen functional groups attached to an aromatic ring is 1. The zero-order valence-electron chi connectivity index (χ0n) is 17.7. The predicted molar refractivity (Wildman–Crippen MR) is 121 cm³/mol. The topological polar surface area (TPSA) is 88.6 Å². The number of nitrogens with zero attached hydrogens (tertiary/aromatic N) is 2. The molecule has 7 heteroatoms. The van der Waals surface area contributed by atoms with Crippen molar-refractivity contribution in [2.24, 2.45) is 0 Å². The Morgan fingerprint density at radius 1 is 0.969 bits per heavy atom. The molecule has 0 spiro atoms. The maximum Gasteiger partial charge on any atom is 0.309 e. The molecular formula is C25H21N3O4. The number of fused-ring (bicyclic) bond motifs is 1. The molecule has 3 aromatic carbocycles. The van der Waals surface area contributed by atoms with Gasteiger partial charge < -0.3 is 19.9 Å². The average Bonchev–Trinajstić information content (AvgIpc) is 3.39. The second-order valence-electron chi connectivity index (χ2n) is 7.56. The highest BCUT2D eigenvalue weighted by molar-refractivity contribution is 5.88. The predicted octanol–water partition coefficient (Wildman–Crippen LogP) is 4.75. The van der Waals surface area contributed by atoms with E-state index in [-0.39, 0.29) is 6.79 Å². The summed E-state index contributed by atoms with van der Waals surface area (Å²) in [4.78, 5) is 12.1. The summed E-state index contributed by atoms with van der Waals surface area (Å²) >= 11 is 0. The lowest BCUT2D eigenvalue weighted by molar-refractivity contribution is -0.132. The standard InChI is InChI=1S/C25H21N3O4/c1-15-3-10-20(11-4-15)28-25(32-16(2)29)23(17-5-8-19(26)9-6-17)24(27-28)18-7-12-21-22(13-18)31-14-30-21/h3-13H,14,26H2,1-2H3. The third-order valence-electron chi connectivity index (χ3n) is 5.21. The van der Waals surface area contributed by atoms with E-state index in [1.54, 1.807) is 16.8 Å². The molecule has 2 N–H and O–H groups in total. The van der Waals surface area contributed by atoms with Crippen LogP contribution in [0.15, 0.2) is 66.7 Å². The number of ether oxygens (including phenoxy) is 3. The van der Waals surface area contributed by atoms with Crippen LogP contribution in [0.5, 0.6) is 17.4 Å². The first kappa shape index (κ1) is 19.7. The average molecular weight is 427 g/mol. The number of benzene rings is 3. The second kappa shape index (κ2) is 7.77. The summed E-state index contributed by atoms with van der Waals surface area (Å²) in [6, 6.07) is 20.9. The summed E-state index contributed by atoms with van der Waals surface area (Å²) in [7, 11) is 0.